The number of anilines is 1. The molecule has 1 aliphatic heterocycles. The van der Waals surface area contributed by atoms with Gasteiger partial charge in [-0.05, 0) is 37.6 Å². The number of aliphatic hydroxyl groups is 1. The molecule has 2 unspecified atom stereocenters. The molecule has 1 heterocycles. The van der Waals surface area contributed by atoms with Crippen LogP contribution in [0.15, 0.2) is 18.2 Å². The molecule has 0 radical (unpaired) electrons. The number of benzene rings is 1. The minimum absolute atomic E-state index is 0.0303. The molecule has 0 saturated carbocycles. The van der Waals surface area contributed by atoms with Crippen LogP contribution in [0, 0.1) is 18.7 Å². The summed E-state index contributed by atoms with van der Waals surface area (Å²) in [6, 6.07) is 4.26. The van der Waals surface area contributed by atoms with Crippen LogP contribution in [0.3, 0.4) is 0 Å². The molecule has 3 N–H and O–H groups in total. The zero-order valence-electron chi connectivity index (χ0n) is 13.4. The Morgan fingerprint density at radius 3 is 2.71 bits per heavy atom. The molecular weight excluding hydrogens is 319 g/mol. The van der Waals surface area contributed by atoms with Gasteiger partial charge in [-0.25, -0.2) is 9.18 Å². The fourth-order valence-corrected chi connectivity index (χ4v) is 2.41. The molecule has 8 heteroatoms. The van der Waals surface area contributed by atoms with Crippen LogP contribution in [-0.4, -0.2) is 46.7 Å². The lowest BCUT2D eigenvalue weighted by Gasteiger charge is -2.20. The fraction of sp³-hybridized carbons (Fsp3) is 0.438. The summed E-state index contributed by atoms with van der Waals surface area (Å²) in [5.74, 6) is -3.27. The fourth-order valence-electron chi connectivity index (χ4n) is 2.41. The molecule has 2 rings (SSSR count). The summed E-state index contributed by atoms with van der Waals surface area (Å²) in [6.07, 6.45) is -0.0303. The summed E-state index contributed by atoms with van der Waals surface area (Å²) in [5.41, 5.74) is -1.18. The SMILES string of the molecule is Cc1cc(N2CC(C(=O)NCC(C)(O)C(=O)O)CC2=O)ccc1F. The van der Waals surface area contributed by atoms with Crippen molar-refractivity contribution < 1.29 is 29.0 Å². The number of hydrogen-bond donors (Lipinski definition) is 3. The number of hydrogen-bond acceptors (Lipinski definition) is 4. The van der Waals surface area contributed by atoms with Gasteiger partial charge in [0.2, 0.25) is 11.8 Å². The topological polar surface area (TPSA) is 107 Å². The van der Waals surface area contributed by atoms with Crippen molar-refractivity contribution in [2.45, 2.75) is 25.9 Å². The third kappa shape index (κ3) is 3.70. The Morgan fingerprint density at radius 1 is 1.46 bits per heavy atom. The van der Waals surface area contributed by atoms with Crippen LogP contribution in [-0.2, 0) is 14.4 Å². The normalized spacial score (nSPS) is 19.9. The molecule has 1 aliphatic rings. The van der Waals surface area contributed by atoms with Crippen LogP contribution < -0.4 is 10.2 Å². The van der Waals surface area contributed by atoms with Crippen molar-refractivity contribution in [2.24, 2.45) is 5.92 Å². The van der Waals surface area contributed by atoms with E-state index in [1.54, 1.807) is 6.92 Å². The average Bonchev–Trinajstić information content (AvgIpc) is 2.89. The summed E-state index contributed by atoms with van der Waals surface area (Å²) in [5, 5.41) is 20.8. The van der Waals surface area contributed by atoms with E-state index in [2.05, 4.69) is 5.32 Å². The highest BCUT2D eigenvalue weighted by atomic mass is 19.1. The molecule has 0 bridgehead atoms. The summed E-state index contributed by atoms with van der Waals surface area (Å²) in [6.45, 7) is 2.31. The first kappa shape index (κ1) is 17.9. The number of carbonyl (C=O) groups is 3. The van der Waals surface area contributed by atoms with Gasteiger partial charge < -0.3 is 20.4 Å². The second-order valence-electron chi connectivity index (χ2n) is 6.14. The van der Waals surface area contributed by atoms with Crippen LogP contribution in [0.5, 0.6) is 0 Å². The van der Waals surface area contributed by atoms with Gasteiger partial charge in [-0.3, -0.25) is 9.59 Å². The first-order chi connectivity index (χ1) is 11.1. The molecule has 2 atom stereocenters. The molecule has 1 fully saturated rings. The first-order valence-electron chi connectivity index (χ1n) is 7.42. The van der Waals surface area contributed by atoms with Gasteiger partial charge in [0.05, 0.1) is 12.5 Å². The highest BCUT2D eigenvalue weighted by Gasteiger charge is 2.37. The second kappa shape index (κ2) is 6.56. The molecular formula is C16H19FN2O5. The maximum atomic E-state index is 13.3. The molecule has 1 aromatic rings. The maximum Gasteiger partial charge on any atom is 0.337 e. The number of aliphatic carboxylic acids is 1. The van der Waals surface area contributed by atoms with Gasteiger partial charge >= 0.3 is 5.97 Å². The average molecular weight is 338 g/mol. The number of rotatable bonds is 5. The van der Waals surface area contributed by atoms with Crippen molar-refractivity contribution in [2.75, 3.05) is 18.0 Å². The zero-order chi connectivity index (χ0) is 18.1. The van der Waals surface area contributed by atoms with Gasteiger partial charge in [0.25, 0.3) is 0 Å². The van der Waals surface area contributed by atoms with E-state index in [4.69, 9.17) is 5.11 Å². The first-order valence-corrected chi connectivity index (χ1v) is 7.42. The summed E-state index contributed by atoms with van der Waals surface area (Å²) < 4.78 is 13.3. The molecule has 0 aliphatic carbocycles. The second-order valence-corrected chi connectivity index (χ2v) is 6.14. The minimum atomic E-state index is -2.08. The number of carboxylic acid groups (broad SMARTS) is 1. The summed E-state index contributed by atoms with van der Waals surface area (Å²) >= 11 is 0. The Hall–Kier alpha value is -2.48. The van der Waals surface area contributed by atoms with Crippen LogP contribution in [0.4, 0.5) is 10.1 Å². The number of halogens is 1. The molecule has 1 saturated heterocycles. The van der Waals surface area contributed by atoms with E-state index in [0.717, 1.165) is 6.92 Å². The van der Waals surface area contributed by atoms with Gasteiger partial charge in [0.15, 0.2) is 5.60 Å². The van der Waals surface area contributed by atoms with E-state index in [0.29, 0.717) is 11.3 Å². The zero-order valence-corrected chi connectivity index (χ0v) is 13.4. The smallest absolute Gasteiger partial charge is 0.337 e. The highest BCUT2D eigenvalue weighted by Crippen LogP contribution is 2.26. The Kier molecular flexibility index (Phi) is 4.88. The Balaban J connectivity index is 2.02. The van der Waals surface area contributed by atoms with Gasteiger partial charge in [0, 0.05) is 18.7 Å². The minimum Gasteiger partial charge on any atom is -0.479 e. The number of carbonyl (C=O) groups excluding carboxylic acids is 2. The predicted molar refractivity (Wildman–Crippen MR) is 82.9 cm³/mol. The third-order valence-corrected chi connectivity index (χ3v) is 4.02. The highest BCUT2D eigenvalue weighted by molar-refractivity contribution is 6.00. The molecule has 2 amide bonds. The lowest BCUT2D eigenvalue weighted by atomic mass is 10.1. The monoisotopic (exact) mass is 338 g/mol. The number of nitrogens with zero attached hydrogens (tertiary/aromatic N) is 1. The van der Waals surface area contributed by atoms with Crippen molar-refractivity contribution in [3.63, 3.8) is 0 Å². The van der Waals surface area contributed by atoms with Crippen LogP contribution in [0.25, 0.3) is 0 Å². The van der Waals surface area contributed by atoms with Crippen LogP contribution in [0.2, 0.25) is 0 Å². The molecule has 24 heavy (non-hydrogen) atoms. The number of aryl methyl sites for hydroxylation is 1. The van der Waals surface area contributed by atoms with E-state index >= 15 is 0 Å². The van der Waals surface area contributed by atoms with E-state index in [-0.39, 0.29) is 24.7 Å². The number of nitrogens with one attached hydrogen (secondary N) is 1. The van der Waals surface area contributed by atoms with Crippen molar-refractivity contribution in [3.8, 4) is 0 Å². The Bertz CT molecular complexity index is 689. The van der Waals surface area contributed by atoms with Crippen LogP contribution in [0.1, 0.15) is 18.9 Å². The molecule has 130 valence electrons. The predicted octanol–water partition coefficient (Wildman–Crippen LogP) is 0.439. The van der Waals surface area contributed by atoms with Crippen LogP contribution >= 0.6 is 0 Å². The van der Waals surface area contributed by atoms with Gasteiger partial charge in [-0.15, -0.1) is 0 Å². The maximum absolute atomic E-state index is 13.3. The van der Waals surface area contributed by atoms with Crippen molar-refractivity contribution in [1.82, 2.24) is 5.32 Å². The van der Waals surface area contributed by atoms with E-state index in [1.807, 2.05) is 0 Å². The van der Waals surface area contributed by atoms with E-state index < -0.39 is 29.9 Å². The van der Waals surface area contributed by atoms with E-state index in [1.165, 1.54) is 23.1 Å². The standard InChI is InChI=1S/C16H19FN2O5/c1-9-5-11(3-4-12(9)17)19-7-10(6-13(19)20)14(21)18-8-16(2,24)15(22)23/h3-5,10,24H,6-8H2,1-2H3,(H,18,21)(H,22,23). The third-order valence-electron chi connectivity index (χ3n) is 4.02. The summed E-state index contributed by atoms with van der Waals surface area (Å²) in [4.78, 5) is 36.4. The van der Waals surface area contributed by atoms with Crippen molar-refractivity contribution in [1.29, 1.82) is 0 Å². The van der Waals surface area contributed by atoms with E-state index in [9.17, 15) is 23.9 Å². The Labute approximate surface area is 138 Å². The van der Waals surface area contributed by atoms with Crippen molar-refractivity contribution in [3.05, 3.63) is 29.6 Å². The molecule has 0 aromatic heterocycles. The summed E-state index contributed by atoms with van der Waals surface area (Å²) in [7, 11) is 0. The molecule has 1 aromatic carbocycles. The largest absolute Gasteiger partial charge is 0.479 e. The van der Waals surface area contributed by atoms with Gasteiger partial charge in [-0.1, -0.05) is 0 Å². The lowest BCUT2D eigenvalue weighted by Crippen LogP contribution is -2.48. The molecule has 0 spiro atoms. The van der Waals surface area contributed by atoms with Crippen molar-refractivity contribution >= 4 is 23.5 Å². The molecule has 7 nitrogen and oxygen atoms in total. The Morgan fingerprint density at radius 2 is 2.12 bits per heavy atom. The quantitative estimate of drug-likeness (QED) is 0.722. The number of amides is 2. The lowest BCUT2D eigenvalue weighted by molar-refractivity contribution is -0.156. The number of carboxylic acids is 1. The van der Waals surface area contributed by atoms with Gasteiger partial charge in [0.1, 0.15) is 5.82 Å². The van der Waals surface area contributed by atoms with Gasteiger partial charge in [-0.2, -0.15) is 0 Å².